The standard InChI is InChI=1S/C33H30N4O10S/c1-5-44-26-14-12-21(16-27(26)45-6-2)30-29(32(39)46-7-3)19(4)34-33-35(30)31(38)28(48-33)17-20-10-8-9-11-24(20)47-25-15-13-22(36(40)41)18-23(25)37(42)43/h8-18,30H,5-7H2,1-4H3/b28-17-/t30-/m0/s1. The molecule has 0 amide bonds. The van der Waals surface area contributed by atoms with E-state index < -0.39 is 38.8 Å². The first-order chi connectivity index (χ1) is 23.1. The molecule has 0 bridgehead atoms. The zero-order valence-corrected chi connectivity index (χ0v) is 27.1. The van der Waals surface area contributed by atoms with Crippen LogP contribution in [0.1, 0.15) is 44.9 Å². The molecule has 248 valence electrons. The van der Waals surface area contributed by atoms with Crippen molar-refractivity contribution in [2.75, 3.05) is 19.8 Å². The van der Waals surface area contributed by atoms with Crippen LogP contribution in [-0.2, 0) is 9.53 Å². The average molecular weight is 675 g/mol. The normalized spacial score (nSPS) is 14.2. The lowest BCUT2D eigenvalue weighted by Gasteiger charge is -2.25. The van der Waals surface area contributed by atoms with Crippen molar-refractivity contribution in [1.82, 2.24) is 4.57 Å². The van der Waals surface area contributed by atoms with E-state index in [0.717, 1.165) is 29.5 Å². The van der Waals surface area contributed by atoms with Gasteiger partial charge in [-0.1, -0.05) is 35.6 Å². The van der Waals surface area contributed by atoms with Crippen molar-refractivity contribution in [3.05, 3.63) is 123 Å². The van der Waals surface area contributed by atoms with E-state index in [4.69, 9.17) is 18.9 Å². The van der Waals surface area contributed by atoms with E-state index in [2.05, 4.69) is 4.99 Å². The third-order valence-electron chi connectivity index (χ3n) is 7.18. The number of fused-ring (bicyclic) bond motifs is 1. The molecule has 4 aromatic rings. The maximum Gasteiger partial charge on any atom is 0.338 e. The molecular weight excluding hydrogens is 644 g/mol. The third kappa shape index (κ3) is 6.66. The second kappa shape index (κ2) is 14.3. The Morgan fingerprint density at radius 2 is 1.62 bits per heavy atom. The largest absolute Gasteiger partial charge is 0.490 e. The molecule has 0 N–H and O–H groups in total. The van der Waals surface area contributed by atoms with Crippen LogP contribution >= 0.6 is 11.3 Å². The number of hydrogen-bond donors (Lipinski definition) is 0. The van der Waals surface area contributed by atoms with Gasteiger partial charge in [-0.05, 0) is 63.6 Å². The van der Waals surface area contributed by atoms with Crippen molar-refractivity contribution in [2.24, 2.45) is 4.99 Å². The molecule has 0 radical (unpaired) electrons. The predicted molar refractivity (Wildman–Crippen MR) is 175 cm³/mol. The molecule has 0 saturated carbocycles. The zero-order chi connectivity index (χ0) is 34.5. The molecule has 0 fully saturated rings. The number of benzene rings is 3. The first-order valence-corrected chi connectivity index (χ1v) is 15.7. The summed E-state index contributed by atoms with van der Waals surface area (Å²) in [7, 11) is 0. The number of thiazole rings is 1. The fraction of sp³-hybridized carbons (Fsp3) is 0.242. The topological polar surface area (TPSA) is 175 Å². The quantitative estimate of drug-likeness (QED) is 0.110. The lowest BCUT2D eigenvalue weighted by molar-refractivity contribution is -0.394. The summed E-state index contributed by atoms with van der Waals surface area (Å²) in [5, 5.41) is 22.9. The highest BCUT2D eigenvalue weighted by atomic mass is 32.1. The lowest BCUT2D eigenvalue weighted by Crippen LogP contribution is -2.40. The van der Waals surface area contributed by atoms with E-state index in [0.29, 0.717) is 46.3 Å². The van der Waals surface area contributed by atoms with Gasteiger partial charge in [0.1, 0.15) is 5.75 Å². The van der Waals surface area contributed by atoms with Gasteiger partial charge in [0.25, 0.3) is 11.2 Å². The minimum absolute atomic E-state index is 0.115. The van der Waals surface area contributed by atoms with Gasteiger partial charge in [0.05, 0.1) is 57.6 Å². The van der Waals surface area contributed by atoms with Crippen LogP contribution in [-0.4, -0.2) is 40.2 Å². The lowest BCUT2D eigenvalue weighted by atomic mass is 9.95. The summed E-state index contributed by atoms with van der Waals surface area (Å²) in [6.45, 7) is 7.93. The number of allylic oxidation sites excluding steroid dienone is 1. The number of aromatic nitrogens is 1. The molecule has 1 aromatic heterocycles. The number of ether oxygens (including phenoxy) is 4. The van der Waals surface area contributed by atoms with E-state index >= 15 is 0 Å². The number of nitro benzene ring substituents is 2. The number of carbonyl (C=O) groups is 1. The minimum atomic E-state index is -0.911. The van der Waals surface area contributed by atoms with Gasteiger partial charge in [-0.25, -0.2) is 9.79 Å². The number of hydrogen-bond acceptors (Lipinski definition) is 12. The molecule has 5 rings (SSSR count). The zero-order valence-electron chi connectivity index (χ0n) is 26.3. The molecule has 1 aliphatic rings. The number of nitro groups is 2. The maximum absolute atomic E-state index is 14.2. The van der Waals surface area contributed by atoms with Crippen molar-refractivity contribution < 1.29 is 33.6 Å². The van der Waals surface area contributed by atoms with Gasteiger partial charge in [0, 0.05) is 11.6 Å². The Morgan fingerprint density at radius 3 is 2.31 bits per heavy atom. The van der Waals surface area contributed by atoms with Crippen LogP contribution in [0, 0.1) is 20.2 Å². The van der Waals surface area contributed by atoms with Crippen LogP contribution in [0.2, 0.25) is 0 Å². The highest BCUT2D eigenvalue weighted by Gasteiger charge is 2.34. The van der Waals surface area contributed by atoms with Gasteiger partial charge in [-0.2, -0.15) is 0 Å². The Labute approximate surface area is 277 Å². The molecule has 48 heavy (non-hydrogen) atoms. The van der Waals surface area contributed by atoms with Crippen LogP contribution in [0.5, 0.6) is 23.0 Å². The van der Waals surface area contributed by atoms with Crippen LogP contribution in [0.15, 0.2) is 81.7 Å². The van der Waals surface area contributed by atoms with Gasteiger partial charge >= 0.3 is 11.7 Å². The molecule has 0 saturated heterocycles. The molecule has 3 aromatic carbocycles. The summed E-state index contributed by atoms with van der Waals surface area (Å²) in [6, 6.07) is 13.9. The number of esters is 1. The summed E-state index contributed by atoms with van der Waals surface area (Å²) in [4.78, 5) is 53.8. The van der Waals surface area contributed by atoms with Crippen molar-refractivity contribution in [2.45, 2.75) is 33.7 Å². The molecule has 0 spiro atoms. The van der Waals surface area contributed by atoms with Crippen molar-refractivity contribution in [3.63, 3.8) is 0 Å². The molecule has 0 aliphatic carbocycles. The first kappa shape index (κ1) is 33.5. The van der Waals surface area contributed by atoms with Crippen LogP contribution in [0.4, 0.5) is 11.4 Å². The number of carbonyl (C=O) groups excluding carboxylic acids is 1. The molecule has 1 atom stereocenters. The monoisotopic (exact) mass is 674 g/mol. The van der Waals surface area contributed by atoms with Crippen LogP contribution in [0.3, 0.4) is 0 Å². The Hall–Kier alpha value is -5.83. The van der Waals surface area contributed by atoms with E-state index in [9.17, 15) is 29.8 Å². The van der Waals surface area contributed by atoms with Crippen LogP contribution < -0.4 is 29.1 Å². The third-order valence-corrected chi connectivity index (χ3v) is 8.16. The van der Waals surface area contributed by atoms with E-state index in [-0.39, 0.29) is 28.2 Å². The first-order valence-electron chi connectivity index (χ1n) is 14.9. The highest BCUT2D eigenvalue weighted by Crippen LogP contribution is 2.37. The molecule has 2 heterocycles. The number of para-hydroxylation sites is 1. The summed E-state index contributed by atoms with van der Waals surface area (Å²) in [6.07, 6.45) is 1.56. The summed E-state index contributed by atoms with van der Waals surface area (Å²) >= 11 is 1.09. The second-order valence-corrected chi connectivity index (χ2v) is 11.2. The van der Waals surface area contributed by atoms with Gasteiger partial charge in [-0.15, -0.1) is 0 Å². The van der Waals surface area contributed by atoms with Crippen molar-refractivity contribution in [3.8, 4) is 23.0 Å². The van der Waals surface area contributed by atoms with Gasteiger partial charge in [0.2, 0.25) is 5.75 Å². The van der Waals surface area contributed by atoms with Gasteiger partial charge < -0.3 is 18.9 Å². The summed E-state index contributed by atoms with van der Waals surface area (Å²) < 4.78 is 24.5. The fourth-order valence-electron chi connectivity index (χ4n) is 5.15. The molecular formula is C33H30N4O10S. The molecule has 0 unspecified atom stereocenters. The second-order valence-electron chi connectivity index (χ2n) is 10.2. The molecule has 1 aliphatic heterocycles. The molecule has 15 heteroatoms. The fourth-order valence-corrected chi connectivity index (χ4v) is 6.18. The highest BCUT2D eigenvalue weighted by molar-refractivity contribution is 7.07. The van der Waals surface area contributed by atoms with E-state index in [1.807, 2.05) is 13.8 Å². The van der Waals surface area contributed by atoms with Crippen LogP contribution in [0.25, 0.3) is 6.08 Å². The predicted octanol–water partition coefficient (Wildman–Crippen LogP) is 5.20. The van der Waals surface area contributed by atoms with Gasteiger partial charge in [-0.3, -0.25) is 29.6 Å². The maximum atomic E-state index is 14.2. The molecule has 14 nitrogen and oxygen atoms in total. The van der Waals surface area contributed by atoms with Crippen molar-refractivity contribution in [1.29, 1.82) is 0 Å². The minimum Gasteiger partial charge on any atom is -0.490 e. The number of non-ortho nitro benzene ring substituents is 1. The van der Waals surface area contributed by atoms with Crippen molar-refractivity contribution >= 4 is 34.8 Å². The Bertz CT molecular complexity index is 2140. The van der Waals surface area contributed by atoms with E-state index in [1.165, 1.54) is 4.57 Å². The number of nitrogens with zero attached hydrogens (tertiary/aromatic N) is 4. The SMILES string of the molecule is CCOC(=O)C1=C(C)N=c2s/c(=C\c3ccccc3Oc3ccc([N+](=O)[O-])cc3[N+](=O)[O-])c(=O)n2[C@H]1c1ccc(OCC)c(OCC)c1. The Kier molecular flexibility index (Phi) is 9.99. The van der Waals surface area contributed by atoms with E-state index in [1.54, 1.807) is 62.4 Å². The summed E-state index contributed by atoms with van der Waals surface area (Å²) in [5.41, 5.74) is 0.0255. The Morgan fingerprint density at radius 1 is 0.917 bits per heavy atom. The number of rotatable bonds is 12. The average Bonchev–Trinajstić information content (AvgIpc) is 3.36. The smallest absolute Gasteiger partial charge is 0.338 e. The van der Waals surface area contributed by atoms with Gasteiger partial charge in [0.15, 0.2) is 16.3 Å². The Balaban J connectivity index is 1.66. The summed E-state index contributed by atoms with van der Waals surface area (Å²) in [5.74, 6) is 0.284.